The van der Waals surface area contributed by atoms with E-state index in [1.165, 1.54) is 5.20 Å². The van der Waals surface area contributed by atoms with Crippen molar-refractivity contribution >= 4 is 19.1 Å². The Hall–Kier alpha value is -2.07. The third-order valence-corrected chi connectivity index (χ3v) is 2.48. The molecule has 0 aliphatic carbocycles. The summed E-state index contributed by atoms with van der Waals surface area (Å²) >= 11 is 0. The standard InChI is InChI=1S/C6H7N4O7P/c7-8-18(15,16)17-6-2-1-4(9(11)12)3-5(6)10(13)14/h1-3H,7H2,(H2,8,15,16)/p-1. The largest absolute Gasteiger partial charge is 0.756 e. The van der Waals surface area contributed by atoms with E-state index in [1.54, 1.807) is 0 Å². The zero-order valence-electron chi connectivity index (χ0n) is 8.51. The second kappa shape index (κ2) is 5.06. The lowest BCUT2D eigenvalue weighted by Gasteiger charge is -2.21. The first-order valence-electron chi connectivity index (χ1n) is 4.18. The maximum Gasteiger partial charge on any atom is 0.318 e. The van der Waals surface area contributed by atoms with E-state index in [2.05, 4.69) is 10.4 Å². The van der Waals surface area contributed by atoms with Crippen LogP contribution >= 0.6 is 7.75 Å². The first kappa shape index (κ1) is 14.0. The summed E-state index contributed by atoms with van der Waals surface area (Å²) in [6, 6.07) is 2.23. The van der Waals surface area contributed by atoms with Crippen LogP contribution in [0.15, 0.2) is 18.2 Å². The minimum absolute atomic E-state index is 0.574. The summed E-state index contributed by atoms with van der Waals surface area (Å²) in [5.41, 5.74) is -1.44. The summed E-state index contributed by atoms with van der Waals surface area (Å²) < 4.78 is 15.3. The number of nitro benzene ring substituents is 2. The first-order chi connectivity index (χ1) is 8.26. The average molecular weight is 277 g/mol. The Morgan fingerprint density at radius 2 is 1.89 bits per heavy atom. The number of nitro groups is 2. The molecule has 0 fully saturated rings. The van der Waals surface area contributed by atoms with E-state index in [0.29, 0.717) is 6.07 Å². The van der Waals surface area contributed by atoms with E-state index < -0.39 is 34.7 Å². The number of non-ortho nitro benzene ring substituents is 1. The van der Waals surface area contributed by atoms with Gasteiger partial charge in [0.1, 0.15) is 0 Å². The van der Waals surface area contributed by atoms with Crippen molar-refractivity contribution in [2.75, 3.05) is 0 Å². The number of nitrogens with zero attached hydrogens (tertiary/aromatic N) is 2. The quantitative estimate of drug-likeness (QED) is 0.320. The van der Waals surface area contributed by atoms with Crippen LogP contribution in [0, 0.1) is 20.2 Å². The van der Waals surface area contributed by atoms with E-state index in [-0.39, 0.29) is 0 Å². The van der Waals surface area contributed by atoms with Gasteiger partial charge in [0.25, 0.3) is 13.4 Å². The van der Waals surface area contributed by atoms with Gasteiger partial charge in [-0.05, 0) is 6.07 Å². The molecule has 3 N–H and O–H groups in total. The molecule has 0 saturated heterocycles. The lowest BCUT2D eigenvalue weighted by Crippen LogP contribution is -2.28. The van der Waals surface area contributed by atoms with E-state index in [9.17, 15) is 29.7 Å². The fraction of sp³-hybridized carbons (Fsp3) is 0. The highest BCUT2D eigenvalue weighted by Gasteiger charge is 2.23. The molecular formula is C6H6N4O7P-. The number of benzene rings is 1. The van der Waals surface area contributed by atoms with E-state index in [0.717, 1.165) is 12.1 Å². The van der Waals surface area contributed by atoms with Gasteiger partial charge in [-0.3, -0.25) is 30.6 Å². The second-order valence-corrected chi connectivity index (χ2v) is 4.32. The zero-order valence-corrected chi connectivity index (χ0v) is 9.40. The van der Waals surface area contributed by atoms with Gasteiger partial charge in [-0.25, -0.2) is 0 Å². The highest BCUT2D eigenvalue weighted by molar-refractivity contribution is 7.49. The molecule has 1 atom stereocenters. The van der Waals surface area contributed by atoms with Crippen LogP contribution in [0.3, 0.4) is 0 Å². The van der Waals surface area contributed by atoms with Crippen molar-refractivity contribution in [3.05, 3.63) is 38.4 Å². The predicted molar refractivity (Wildman–Crippen MR) is 55.3 cm³/mol. The molecule has 1 aromatic carbocycles. The molecule has 11 nitrogen and oxygen atoms in total. The maximum atomic E-state index is 11.0. The normalized spacial score (nSPS) is 13.7. The highest BCUT2D eigenvalue weighted by atomic mass is 31.2. The number of rotatable bonds is 5. The number of nitrogens with two attached hydrogens (primary N) is 1. The number of hydrogen-bond donors (Lipinski definition) is 2. The summed E-state index contributed by atoms with van der Waals surface area (Å²) in [4.78, 5) is 30.1. The number of hydrogen-bond acceptors (Lipinski definition) is 8. The Labute approximate surface area is 99.0 Å². The van der Waals surface area contributed by atoms with E-state index in [4.69, 9.17) is 0 Å². The minimum Gasteiger partial charge on any atom is -0.756 e. The van der Waals surface area contributed by atoms with Crippen LogP contribution in [0.25, 0.3) is 0 Å². The molecule has 0 heterocycles. The molecule has 1 unspecified atom stereocenters. The molecule has 1 aromatic rings. The Morgan fingerprint density at radius 1 is 1.28 bits per heavy atom. The van der Waals surface area contributed by atoms with Gasteiger partial charge in [0, 0.05) is 6.07 Å². The summed E-state index contributed by atoms with van der Waals surface area (Å²) in [5.74, 6) is 3.95. The Balaban J connectivity index is 3.24. The molecule has 0 aliphatic rings. The molecular weight excluding hydrogens is 271 g/mol. The zero-order chi connectivity index (χ0) is 13.9. The van der Waals surface area contributed by atoms with Gasteiger partial charge in [0.2, 0.25) is 5.75 Å². The van der Waals surface area contributed by atoms with Crippen molar-refractivity contribution in [3.63, 3.8) is 0 Å². The van der Waals surface area contributed by atoms with Gasteiger partial charge < -0.3 is 9.42 Å². The summed E-state index contributed by atoms with van der Waals surface area (Å²) in [6.45, 7) is 0. The average Bonchev–Trinajstić information content (AvgIpc) is 2.28. The molecule has 0 bridgehead atoms. The smallest absolute Gasteiger partial charge is 0.318 e. The van der Waals surface area contributed by atoms with Crippen molar-refractivity contribution in [2.45, 2.75) is 0 Å². The predicted octanol–water partition coefficient (Wildman–Crippen LogP) is -0.187. The lowest BCUT2D eigenvalue weighted by molar-refractivity contribution is -0.394. The topological polar surface area (TPSA) is 174 Å². The minimum atomic E-state index is -4.70. The summed E-state index contributed by atoms with van der Waals surface area (Å²) in [5, 5.41) is 22.4. The van der Waals surface area contributed by atoms with Crippen molar-refractivity contribution in [2.24, 2.45) is 5.84 Å². The van der Waals surface area contributed by atoms with E-state index >= 15 is 0 Å². The van der Waals surface area contributed by atoms with Crippen LogP contribution in [0.4, 0.5) is 11.4 Å². The molecule has 0 radical (unpaired) electrons. The fourth-order valence-electron chi connectivity index (χ4n) is 0.995. The van der Waals surface area contributed by atoms with Gasteiger partial charge in [-0.15, -0.1) is 0 Å². The molecule has 12 heteroatoms. The Morgan fingerprint density at radius 3 is 2.33 bits per heavy atom. The van der Waals surface area contributed by atoms with Gasteiger partial charge in [-0.2, -0.15) is 5.20 Å². The highest BCUT2D eigenvalue weighted by Crippen LogP contribution is 2.39. The van der Waals surface area contributed by atoms with Gasteiger partial charge in [0.05, 0.1) is 15.9 Å². The van der Waals surface area contributed by atoms with Crippen molar-refractivity contribution in [1.82, 2.24) is 5.20 Å². The molecule has 0 aromatic heterocycles. The molecule has 0 spiro atoms. The molecule has 18 heavy (non-hydrogen) atoms. The van der Waals surface area contributed by atoms with Crippen LogP contribution in [0.1, 0.15) is 0 Å². The second-order valence-electron chi connectivity index (χ2n) is 2.88. The molecule has 0 saturated carbocycles. The third-order valence-electron chi connectivity index (χ3n) is 1.73. The van der Waals surface area contributed by atoms with Crippen LogP contribution in [-0.4, -0.2) is 9.85 Å². The maximum absolute atomic E-state index is 11.0. The molecule has 0 amide bonds. The van der Waals surface area contributed by atoms with Crippen molar-refractivity contribution in [3.8, 4) is 5.75 Å². The number of hydrazine groups is 1. The first-order valence-corrected chi connectivity index (χ1v) is 5.72. The Bertz CT molecular complexity index is 547. The van der Waals surface area contributed by atoms with Crippen molar-refractivity contribution in [1.29, 1.82) is 0 Å². The third kappa shape index (κ3) is 3.21. The fourth-order valence-corrected chi connectivity index (χ4v) is 1.46. The molecule has 98 valence electrons. The SMILES string of the molecule is NNP(=O)([O-])Oc1ccc([N+](=O)[O-])cc1[N+](=O)[O-]. The molecule has 0 aliphatic heterocycles. The number of nitrogens with one attached hydrogen (secondary N) is 1. The molecule has 1 rings (SSSR count). The van der Waals surface area contributed by atoms with E-state index in [1.807, 2.05) is 0 Å². The van der Waals surface area contributed by atoms with Crippen molar-refractivity contribution < 1.29 is 23.8 Å². The monoisotopic (exact) mass is 277 g/mol. The van der Waals surface area contributed by atoms with Crippen LogP contribution in [0.5, 0.6) is 5.75 Å². The summed E-state index contributed by atoms with van der Waals surface area (Å²) in [6.07, 6.45) is 0. The van der Waals surface area contributed by atoms with Crippen LogP contribution < -0.4 is 20.5 Å². The lowest BCUT2D eigenvalue weighted by atomic mass is 10.2. The Kier molecular flexibility index (Phi) is 3.93. The van der Waals surface area contributed by atoms with Gasteiger partial charge in [-0.1, -0.05) is 0 Å². The van der Waals surface area contributed by atoms with Crippen LogP contribution in [0.2, 0.25) is 0 Å². The van der Waals surface area contributed by atoms with Crippen LogP contribution in [-0.2, 0) is 4.57 Å². The van der Waals surface area contributed by atoms with Gasteiger partial charge in [0.15, 0.2) is 0 Å². The summed E-state index contributed by atoms with van der Waals surface area (Å²) in [7, 11) is -4.70. The van der Waals surface area contributed by atoms with Gasteiger partial charge >= 0.3 is 5.69 Å².